The summed E-state index contributed by atoms with van der Waals surface area (Å²) >= 11 is 6.98. The Labute approximate surface area is 139 Å². The fraction of sp³-hybridized carbons (Fsp3) is 0.200. The highest BCUT2D eigenvalue weighted by Crippen LogP contribution is 2.23. The summed E-state index contributed by atoms with van der Waals surface area (Å²) < 4.78 is 3.96. The lowest BCUT2D eigenvalue weighted by atomic mass is 10.1. The molecule has 3 rings (SSSR count). The van der Waals surface area contributed by atoms with Crippen LogP contribution in [-0.4, -0.2) is 14.4 Å². The molecule has 0 aliphatic rings. The summed E-state index contributed by atoms with van der Waals surface area (Å²) in [5.41, 5.74) is 3.20. The van der Waals surface area contributed by atoms with E-state index in [0.717, 1.165) is 27.0 Å². The van der Waals surface area contributed by atoms with Gasteiger partial charge in [0.05, 0.1) is 18.1 Å². The van der Waals surface area contributed by atoms with Crippen LogP contribution in [0.1, 0.15) is 24.2 Å². The Morgan fingerprint density at radius 3 is 2.81 bits per heavy atom. The van der Waals surface area contributed by atoms with E-state index in [1.165, 1.54) is 5.56 Å². The van der Waals surface area contributed by atoms with Gasteiger partial charge in [0.25, 0.3) is 0 Å². The lowest BCUT2D eigenvalue weighted by Gasteiger charge is -2.15. The van der Waals surface area contributed by atoms with E-state index in [1.54, 1.807) is 6.20 Å². The van der Waals surface area contributed by atoms with Crippen LogP contribution in [0.15, 0.2) is 51.9 Å². The van der Waals surface area contributed by atoms with Crippen LogP contribution in [-0.2, 0) is 6.54 Å². The average molecular weight is 410 g/mol. The van der Waals surface area contributed by atoms with Crippen LogP contribution in [0.25, 0.3) is 5.65 Å². The number of halogens is 2. The molecule has 0 amide bonds. The monoisotopic (exact) mass is 408 g/mol. The first kappa shape index (κ1) is 14.7. The van der Waals surface area contributed by atoms with Gasteiger partial charge in [0, 0.05) is 23.3 Å². The van der Waals surface area contributed by atoms with Gasteiger partial charge in [0.15, 0.2) is 5.65 Å². The summed E-state index contributed by atoms with van der Waals surface area (Å²) in [6, 6.07) is 8.50. The van der Waals surface area contributed by atoms with Gasteiger partial charge in [-0.3, -0.25) is 4.40 Å². The molecular weight excluding hydrogens is 396 g/mol. The summed E-state index contributed by atoms with van der Waals surface area (Å²) in [5, 5.41) is 3.53. The van der Waals surface area contributed by atoms with Crippen molar-refractivity contribution >= 4 is 37.5 Å². The van der Waals surface area contributed by atoms with Crippen LogP contribution in [0.3, 0.4) is 0 Å². The minimum Gasteiger partial charge on any atom is -0.305 e. The quantitative estimate of drug-likeness (QED) is 0.705. The molecule has 0 saturated carbocycles. The first-order chi connectivity index (χ1) is 10.1. The first-order valence-corrected chi connectivity index (χ1v) is 8.19. The zero-order valence-electron chi connectivity index (χ0n) is 11.4. The van der Waals surface area contributed by atoms with E-state index in [4.69, 9.17) is 0 Å². The van der Waals surface area contributed by atoms with Crippen molar-refractivity contribution in [1.29, 1.82) is 0 Å². The van der Waals surface area contributed by atoms with Gasteiger partial charge in [-0.1, -0.05) is 34.1 Å². The van der Waals surface area contributed by atoms with Gasteiger partial charge in [-0.05, 0) is 34.5 Å². The van der Waals surface area contributed by atoms with Crippen molar-refractivity contribution in [2.75, 3.05) is 0 Å². The predicted octanol–water partition coefficient (Wildman–Crippen LogP) is 4.11. The maximum Gasteiger partial charge on any atom is 0.155 e. The van der Waals surface area contributed by atoms with E-state index < -0.39 is 0 Å². The number of aromatic nitrogens is 3. The normalized spacial score (nSPS) is 12.7. The number of fused-ring (bicyclic) bond motifs is 1. The zero-order chi connectivity index (χ0) is 14.8. The molecule has 2 aromatic heterocycles. The summed E-state index contributed by atoms with van der Waals surface area (Å²) in [7, 11) is 0. The van der Waals surface area contributed by atoms with E-state index in [9.17, 15) is 0 Å². The van der Waals surface area contributed by atoms with Crippen LogP contribution in [0.2, 0.25) is 0 Å². The minimum atomic E-state index is 0.247. The van der Waals surface area contributed by atoms with Gasteiger partial charge in [-0.2, -0.15) is 0 Å². The zero-order valence-corrected chi connectivity index (χ0v) is 14.6. The third-order valence-corrected chi connectivity index (χ3v) is 4.53. The Bertz CT molecular complexity index is 769. The van der Waals surface area contributed by atoms with Gasteiger partial charge >= 0.3 is 0 Å². The standard InChI is InChI=1S/C15H14Br2N4/c1-10(12-4-2-3-5-13(12)16)18-6-11-7-20-15-8-19-14(17)9-21(11)15/h2-5,7-10,18H,6H2,1H3. The molecule has 0 spiro atoms. The molecule has 1 atom stereocenters. The molecule has 2 heterocycles. The van der Waals surface area contributed by atoms with Crippen LogP contribution < -0.4 is 5.32 Å². The number of imidazole rings is 1. The second-order valence-electron chi connectivity index (χ2n) is 4.81. The smallest absolute Gasteiger partial charge is 0.155 e. The van der Waals surface area contributed by atoms with Crippen molar-refractivity contribution in [3.05, 3.63) is 63.2 Å². The molecule has 0 radical (unpaired) electrons. The maximum atomic E-state index is 4.36. The lowest BCUT2D eigenvalue weighted by molar-refractivity contribution is 0.564. The summed E-state index contributed by atoms with van der Waals surface area (Å²) in [6.07, 6.45) is 5.57. The highest BCUT2D eigenvalue weighted by Gasteiger charge is 2.10. The lowest BCUT2D eigenvalue weighted by Crippen LogP contribution is -2.19. The van der Waals surface area contributed by atoms with Crippen molar-refractivity contribution in [2.24, 2.45) is 0 Å². The van der Waals surface area contributed by atoms with Crippen LogP contribution in [0.4, 0.5) is 0 Å². The minimum absolute atomic E-state index is 0.247. The summed E-state index contributed by atoms with van der Waals surface area (Å²) in [6.45, 7) is 2.89. The number of nitrogens with zero attached hydrogens (tertiary/aromatic N) is 3. The SMILES string of the molecule is CC(NCc1cnc2cnc(Br)cn12)c1ccccc1Br. The van der Waals surface area contributed by atoms with Crippen molar-refractivity contribution < 1.29 is 0 Å². The second kappa shape index (κ2) is 6.25. The van der Waals surface area contributed by atoms with Crippen molar-refractivity contribution in [1.82, 2.24) is 19.7 Å². The Kier molecular flexibility index (Phi) is 4.37. The summed E-state index contributed by atoms with van der Waals surface area (Å²) in [5.74, 6) is 0. The molecule has 6 heteroatoms. The van der Waals surface area contributed by atoms with Crippen LogP contribution in [0, 0.1) is 0 Å². The Hall–Kier alpha value is -1.24. The van der Waals surface area contributed by atoms with Crippen LogP contribution in [0.5, 0.6) is 0 Å². The number of hydrogen-bond donors (Lipinski definition) is 1. The van der Waals surface area contributed by atoms with Gasteiger partial charge < -0.3 is 5.32 Å². The fourth-order valence-electron chi connectivity index (χ4n) is 2.24. The summed E-state index contributed by atoms with van der Waals surface area (Å²) in [4.78, 5) is 8.54. The van der Waals surface area contributed by atoms with E-state index in [0.29, 0.717) is 0 Å². The Morgan fingerprint density at radius 1 is 1.19 bits per heavy atom. The molecule has 0 saturated heterocycles. The molecule has 4 nitrogen and oxygen atoms in total. The van der Waals surface area contributed by atoms with Crippen molar-refractivity contribution in [3.63, 3.8) is 0 Å². The third-order valence-electron chi connectivity index (χ3n) is 3.40. The third kappa shape index (κ3) is 3.17. The second-order valence-corrected chi connectivity index (χ2v) is 6.48. The maximum absolute atomic E-state index is 4.36. The van der Waals surface area contributed by atoms with Gasteiger partial charge in [0.2, 0.25) is 0 Å². The van der Waals surface area contributed by atoms with E-state index in [-0.39, 0.29) is 6.04 Å². The molecule has 0 bridgehead atoms. The fourth-order valence-corrected chi connectivity index (χ4v) is 3.18. The number of hydrogen-bond acceptors (Lipinski definition) is 3. The van der Waals surface area contributed by atoms with E-state index in [1.807, 2.05) is 22.9 Å². The van der Waals surface area contributed by atoms with Crippen LogP contribution >= 0.6 is 31.9 Å². The molecule has 108 valence electrons. The molecule has 21 heavy (non-hydrogen) atoms. The Morgan fingerprint density at radius 2 is 2.00 bits per heavy atom. The number of rotatable bonds is 4. The van der Waals surface area contributed by atoms with E-state index in [2.05, 4.69) is 72.3 Å². The molecule has 1 N–H and O–H groups in total. The molecule has 1 unspecified atom stereocenters. The predicted molar refractivity (Wildman–Crippen MR) is 90.1 cm³/mol. The topological polar surface area (TPSA) is 42.2 Å². The largest absolute Gasteiger partial charge is 0.305 e. The highest BCUT2D eigenvalue weighted by atomic mass is 79.9. The van der Waals surface area contributed by atoms with E-state index >= 15 is 0 Å². The first-order valence-electron chi connectivity index (χ1n) is 6.60. The van der Waals surface area contributed by atoms with Gasteiger partial charge in [0.1, 0.15) is 4.60 Å². The molecule has 1 aromatic carbocycles. The average Bonchev–Trinajstić information content (AvgIpc) is 2.87. The molecule has 3 aromatic rings. The molecule has 0 aliphatic carbocycles. The van der Waals surface area contributed by atoms with Crippen molar-refractivity contribution in [3.8, 4) is 0 Å². The van der Waals surface area contributed by atoms with Crippen molar-refractivity contribution in [2.45, 2.75) is 19.5 Å². The number of benzene rings is 1. The molecular formula is C15H14Br2N4. The molecule has 0 fully saturated rings. The van der Waals surface area contributed by atoms with Gasteiger partial charge in [-0.15, -0.1) is 0 Å². The highest BCUT2D eigenvalue weighted by molar-refractivity contribution is 9.10. The molecule has 0 aliphatic heterocycles. The number of nitrogens with one attached hydrogen (secondary N) is 1. The van der Waals surface area contributed by atoms with Gasteiger partial charge in [-0.25, -0.2) is 9.97 Å². The Balaban J connectivity index is 1.77.